The fraction of sp³-hybridized carbons (Fsp3) is 0.375. The highest BCUT2D eigenvalue weighted by Gasteiger charge is 2.05. The van der Waals surface area contributed by atoms with E-state index in [0.29, 0.717) is 12.5 Å². The van der Waals surface area contributed by atoms with Gasteiger partial charge in [0.05, 0.1) is 5.88 Å². The van der Waals surface area contributed by atoms with Crippen LogP contribution in [0.4, 0.5) is 0 Å². The Kier molecular flexibility index (Phi) is 5.65. The minimum atomic E-state index is 0.338. The van der Waals surface area contributed by atoms with Gasteiger partial charge in [-0.1, -0.05) is 18.8 Å². The van der Waals surface area contributed by atoms with Gasteiger partial charge in [-0.05, 0) is 37.1 Å². The zero-order valence-corrected chi connectivity index (χ0v) is 13.0. The summed E-state index contributed by atoms with van der Waals surface area (Å²) in [5.41, 5.74) is 2.04. The molecule has 4 nitrogen and oxygen atoms in total. The topological polar surface area (TPSA) is 39.9 Å². The number of ether oxygens (including phenoxy) is 1. The zero-order valence-electron chi connectivity index (χ0n) is 12.3. The van der Waals surface area contributed by atoms with Crippen LogP contribution in [0.2, 0.25) is 0 Å². The normalized spacial score (nSPS) is 10.0. The van der Waals surface area contributed by atoms with Crippen LogP contribution in [0.1, 0.15) is 30.3 Å². The third kappa shape index (κ3) is 4.24. The Morgan fingerprint density at radius 2 is 2.24 bits per heavy atom. The lowest BCUT2D eigenvalue weighted by atomic mass is 10.1. The van der Waals surface area contributed by atoms with Crippen molar-refractivity contribution in [3.05, 3.63) is 41.5 Å². The van der Waals surface area contributed by atoms with E-state index in [1.54, 1.807) is 6.33 Å². The van der Waals surface area contributed by atoms with Crippen LogP contribution in [0.5, 0.6) is 5.75 Å². The van der Waals surface area contributed by atoms with Crippen molar-refractivity contribution in [1.82, 2.24) is 14.8 Å². The zero-order chi connectivity index (χ0) is 15.1. The van der Waals surface area contributed by atoms with Crippen molar-refractivity contribution in [2.75, 3.05) is 5.88 Å². The second-order valence-corrected chi connectivity index (χ2v) is 4.87. The van der Waals surface area contributed by atoms with Crippen LogP contribution in [-0.2, 0) is 13.2 Å². The molecule has 110 valence electrons. The average Bonchev–Trinajstić information content (AvgIpc) is 2.92. The van der Waals surface area contributed by atoms with E-state index in [-0.39, 0.29) is 0 Å². The minimum absolute atomic E-state index is 0.338. The van der Waals surface area contributed by atoms with Crippen LogP contribution < -0.4 is 4.74 Å². The van der Waals surface area contributed by atoms with Crippen molar-refractivity contribution >= 4 is 11.6 Å². The Balaban J connectivity index is 2.03. The second-order valence-electron chi connectivity index (χ2n) is 4.60. The first kappa shape index (κ1) is 15.4. The van der Waals surface area contributed by atoms with Crippen molar-refractivity contribution in [1.29, 1.82) is 0 Å². The maximum absolute atomic E-state index is 5.78. The number of aryl methyl sites for hydroxylation is 2. The van der Waals surface area contributed by atoms with Crippen LogP contribution in [0.3, 0.4) is 0 Å². The van der Waals surface area contributed by atoms with Crippen LogP contribution >= 0.6 is 11.6 Å². The van der Waals surface area contributed by atoms with Gasteiger partial charge in [0.1, 0.15) is 18.7 Å². The van der Waals surface area contributed by atoms with E-state index < -0.39 is 0 Å². The Hall–Kier alpha value is -1.99. The SMILES string of the molecule is CCCn1ncnc1COc1ccc(C#CCCl)c(C)c1. The molecule has 0 aliphatic carbocycles. The Morgan fingerprint density at radius 3 is 2.95 bits per heavy atom. The molecule has 21 heavy (non-hydrogen) atoms. The minimum Gasteiger partial charge on any atom is -0.486 e. The van der Waals surface area contributed by atoms with Crippen LogP contribution in [0.25, 0.3) is 0 Å². The molecule has 2 rings (SSSR count). The number of rotatable bonds is 5. The highest BCUT2D eigenvalue weighted by molar-refractivity contribution is 6.19. The van der Waals surface area contributed by atoms with Gasteiger partial charge in [0.15, 0.2) is 5.82 Å². The number of hydrogen-bond acceptors (Lipinski definition) is 3. The lowest BCUT2D eigenvalue weighted by molar-refractivity contribution is 0.286. The van der Waals surface area contributed by atoms with E-state index in [0.717, 1.165) is 35.7 Å². The van der Waals surface area contributed by atoms with Gasteiger partial charge in [0.2, 0.25) is 0 Å². The number of alkyl halides is 1. The van der Waals surface area contributed by atoms with Crippen molar-refractivity contribution in [2.45, 2.75) is 33.4 Å². The molecule has 0 aliphatic rings. The molecule has 2 aromatic rings. The standard InChI is InChI=1S/C16H18ClN3O/c1-3-9-20-16(18-12-19-20)11-21-15-7-6-14(5-4-8-17)13(2)10-15/h6-7,10,12H,3,8-9,11H2,1-2H3. The largest absolute Gasteiger partial charge is 0.486 e. The van der Waals surface area contributed by atoms with Crippen LogP contribution in [0.15, 0.2) is 24.5 Å². The number of halogens is 1. The summed E-state index contributed by atoms with van der Waals surface area (Å²) in [6.07, 6.45) is 2.58. The Morgan fingerprint density at radius 1 is 1.38 bits per heavy atom. The van der Waals surface area contributed by atoms with Crippen LogP contribution in [0, 0.1) is 18.8 Å². The predicted molar refractivity (Wildman–Crippen MR) is 83.4 cm³/mol. The van der Waals surface area contributed by atoms with Crippen molar-refractivity contribution in [3.63, 3.8) is 0 Å². The molecule has 0 saturated heterocycles. The first-order valence-electron chi connectivity index (χ1n) is 6.89. The van der Waals surface area contributed by atoms with Gasteiger partial charge in [0.25, 0.3) is 0 Å². The van der Waals surface area contributed by atoms with Crippen molar-refractivity contribution in [3.8, 4) is 17.6 Å². The summed E-state index contributed by atoms with van der Waals surface area (Å²) >= 11 is 5.57. The summed E-state index contributed by atoms with van der Waals surface area (Å²) in [6.45, 7) is 5.37. The summed E-state index contributed by atoms with van der Waals surface area (Å²) in [7, 11) is 0. The van der Waals surface area contributed by atoms with Crippen molar-refractivity contribution in [2.24, 2.45) is 0 Å². The van der Waals surface area contributed by atoms with Gasteiger partial charge in [-0.15, -0.1) is 11.6 Å². The number of hydrogen-bond donors (Lipinski definition) is 0. The first-order chi connectivity index (χ1) is 10.2. The van der Waals surface area contributed by atoms with E-state index in [2.05, 4.69) is 28.8 Å². The van der Waals surface area contributed by atoms with Gasteiger partial charge in [0, 0.05) is 12.1 Å². The molecule has 0 atom stereocenters. The van der Waals surface area contributed by atoms with Gasteiger partial charge in [-0.25, -0.2) is 9.67 Å². The lowest BCUT2D eigenvalue weighted by Gasteiger charge is -2.08. The summed E-state index contributed by atoms with van der Waals surface area (Å²) < 4.78 is 7.65. The van der Waals surface area contributed by atoms with Crippen molar-refractivity contribution < 1.29 is 4.74 Å². The second kappa shape index (κ2) is 7.70. The molecule has 0 saturated carbocycles. The van der Waals surface area contributed by atoms with E-state index in [1.165, 1.54) is 0 Å². The van der Waals surface area contributed by atoms with E-state index >= 15 is 0 Å². The van der Waals surface area contributed by atoms with Crippen LogP contribution in [-0.4, -0.2) is 20.6 Å². The molecule has 0 unspecified atom stereocenters. The van der Waals surface area contributed by atoms with Gasteiger partial charge < -0.3 is 4.74 Å². The molecule has 1 aromatic carbocycles. The highest BCUT2D eigenvalue weighted by Crippen LogP contribution is 2.17. The number of aromatic nitrogens is 3. The fourth-order valence-electron chi connectivity index (χ4n) is 1.94. The smallest absolute Gasteiger partial charge is 0.164 e. The maximum atomic E-state index is 5.78. The van der Waals surface area contributed by atoms with Gasteiger partial charge in [-0.3, -0.25) is 0 Å². The quantitative estimate of drug-likeness (QED) is 0.629. The molecular formula is C16H18ClN3O. The molecule has 1 aromatic heterocycles. The third-order valence-corrected chi connectivity index (χ3v) is 3.12. The lowest BCUT2D eigenvalue weighted by Crippen LogP contribution is -2.08. The Labute approximate surface area is 130 Å². The summed E-state index contributed by atoms with van der Waals surface area (Å²) in [4.78, 5) is 4.22. The number of benzene rings is 1. The molecular weight excluding hydrogens is 286 g/mol. The summed E-state index contributed by atoms with van der Waals surface area (Å²) in [5, 5.41) is 4.18. The first-order valence-corrected chi connectivity index (χ1v) is 7.43. The molecule has 0 amide bonds. The van der Waals surface area contributed by atoms with E-state index in [4.69, 9.17) is 16.3 Å². The molecule has 5 heteroatoms. The van der Waals surface area contributed by atoms with E-state index in [1.807, 2.05) is 29.8 Å². The predicted octanol–water partition coefficient (Wildman–Crippen LogP) is 3.17. The highest BCUT2D eigenvalue weighted by atomic mass is 35.5. The molecule has 0 fully saturated rings. The molecule has 0 bridgehead atoms. The molecule has 0 aliphatic heterocycles. The summed E-state index contributed by atoms with van der Waals surface area (Å²) in [6, 6.07) is 5.82. The third-order valence-electron chi connectivity index (χ3n) is 2.99. The molecule has 1 heterocycles. The Bertz CT molecular complexity index is 655. The van der Waals surface area contributed by atoms with Gasteiger partial charge >= 0.3 is 0 Å². The molecule has 0 spiro atoms. The number of nitrogens with zero attached hydrogens (tertiary/aromatic N) is 3. The summed E-state index contributed by atoms with van der Waals surface area (Å²) in [5.74, 6) is 7.85. The fourth-order valence-corrected chi connectivity index (χ4v) is 2.01. The average molecular weight is 304 g/mol. The maximum Gasteiger partial charge on any atom is 0.164 e. The molecule has 0 radical (unpaired) electrons. The van der Waals surface area contributed by atoms with E-state index in [9.17, 15) is 0 Å². The monoisotopic (exact) mass is 303 g/mol. The molecule has 0 N–H and O–H groups in total. The van der Waals surface area contributed by atoms with Gasteiger partial charge in [-0.2, -0.15) is 5.10 Å².